The maximum Gasteiger partial charge on any atom is 0.296 e. The van der Waals surface area contributed by atoms with Crippen LogP contribution in [0.4, 0.5) is 4.39 Å². The van der Waals surface area contributed by atoms with Gasteiger partial charge in [-0.15, -0.1) is 0 Å². The van der Waals surface area contributed by atoms with Crippen molar-refractivity contribution < 1.29 is 9.18 Å². The standard InChI is InChI=1S/C17H12Cl2FNO/c18-14-7-5-12(11-15(14)19)9-10-21-17(22)8-6-13-3-1-2-4-16(13)20/h1-5,7,11H,9-10H2,(H,21,22). The predicted molar refractivity (Wildman–Crippen MR) is 86.5 cm³/mol. The van der Waals surface area contributed by atoms with Crippen molar-refractivity contribution in [2.75, 3.05) is 6.54 Å². The highest BCUT2D eigenvalue weighted by atomic mass is 35.5. The molecule has 112 valence electrons. The third kappa shape index (κ3) is 4.77. The normalized spacial score (nSPS) is 9.77. The van der Waals surface area contributed by atoms with Crippen molar-refractivity contribution in [2.24, 2.45) is 0 Å². The molecule has 1 N–H and O–H groups in total. The van der Waals surface area contributed by atoms with E-state index in [1.165, 1.54) is 12.1 Å². The van der Waals surface area contributed by atoms with Crippen molar-refractivity contribution in [3.05, 3.63) is 69.5 Å². The van der Waals surface area contributed by atoms with Gasteiger partial charge in [0.15, 0.2) is 0 Å². The first-order valence-electron chi connectivity index (χ1n) is 6.54. The molecule has 0 atom stereocenters. The van der Waals surface area contributed by atoms with Gasteiger partial charge in [-0.25, -0.2) is 4.39 Å². The van der Waals surface area contributed by atoms with Crippen LogP contribution in [0.25, 0.3) is 0 Å². The average Bonchev–Trinajstić information content (AvgIpc) is 2.50. The summed E-state index contributed by atoms with van der Waals surface area (Å²) in [4.78, 5) is 11.6. The Bertz CT molecular complexity index is 750. The number of hydrogen-bond acceptors (Lipinski definition) is 1. The van der Waals surface area contributed by atoms with Gasteiger partial charge < -0.3 is 5.32 Å². The van der Waals surface area contributed by atoms with Crippen LogP contribution in [0.2, 0.25) is 10.0 Å². The second kappa shape index (κ2) is 7.84. The van der Waals surface area contributed by atoms with Gasteiger partial charge in [-0.1, -0.05) is 47.3 Å². The molecule has 0 aliphatic carbocycles. The maximum atomic E-state index is 13.3. The van der Waals surface area contributed by atoms with Crippen LogP contribution in [0.1, 0.15) is 11.1 Å². The van der Waals surface area contributed by atoms with Crippen LogP contribution in [0.15, 0.2) is 42.5 Å². The number of halogens is 3. The third-order valence-corrected chi connectivity index (χ3v) is 3.61. The van der Waals surface area contributed by atoms with E-state index in [1.54, 1.807) is 24.3 Å². The van der Waals surface area contributed by atoms with Gasteiger partial charge in [-0.3, -0.25) is 4.79 Å². The Labute approximate surface area is 138 Å². The monoisotopic (exact) mass is 335 g/mol. The van der Waals surface area contributed by atoms with E-state index in [4.69, 9.17) is 23.2 Å². The summed E-state index contributed by atoms with van der Waals surface area (Å²) in [6.07, 6.45) is 0.601. The largest absolute Gasteiger partial charge is 0.345 e. The minimum Gasteiger partial charge on any atom is -0.345 e. The Morgan fingerprint density at radius 3 is 2.64 bits per heavy atom. The SMILES string of the molecule is O=C(C#Cc1ccccc1F)NCCc1ccc(Cl)c(Cl)c1. The Morgan fingerprint density at radius 1 is 1.14 bits per heavy atom. The van der Waals surface area contributed by atoms with Crippen molar-refractivity contribution in [2.45, 2.75) is 6.42 Å². The zero-order valence-corrected chi connectivity index (χ0v) is 13.0. The molecule has 0 saturated heterocycles. The van der Waals surface area contributed by atoms with E-state index in [-0.39, 0.29) is 5.56 Å². The van der Waals surface area contributed by atoms with E-state index >= 15 is 0 Å². The predicted octanol–water partition coefficient (Wildman–Crippen LogP) is 3.84. The Kier molecular flexibility index (Phi) is 5.83. The van der Waals surface area contributed by atoms with Crippen LogP contribution >= 0.6 is 23.2 Å². The quantitative estimate of drug-likeness (QED) is 0.848. The molecule has 0 aliphatic rings. The molecule has 2 aromatic rings. The second-order valence-electron chi connectivity index (χ2n) is 4.48. The van der Waals surface area contributed by atoms with E-state index < -0.39 is 11.7 Å². The molecule has 2 aromatic carbocycles. The molecule has 0 saturated carbocycles. The first kappa shape index (κ1) is 16.4. The zero-order chi connectivity index (χ0) is 15.9. The first-order chi connectivity index (χ1) is 10.6. The average molecular weight is 336 g/mol. The molecule has 2 nitrogen and oxygen atoms in total. The minimum absolute atomic E-state index is 0.196. The van der Waals surface area contributed by atoms with Crippen molar-refractivity contribution in [3.63, 3.8) is 0 Å². The lowest BCUT2D eigenvalue weighted by molar-refractivity contribution is -0.115. The molecule has 2 rings (SSSR count). The zero-order valence-electron chi connectivity index (χ0n) is 11.5. The summed E-state index contributed by atoms with van der Waals surface area (Å²) in [5.41, 5.74) is 1.15. The smallest absolute Gasteiger partial charge is 0.296 e. The molecular formula is C17H12Cl2FNO. The van der Waals surface area contributed by atoms with Crippen LogP contribution in [-0.2, 0) is 11.2 Å². The summed E-state index contributed by atoms with van der Waals surface area (Å²) in [7, 11) is 0. The van der Waals surface area contributed by atoms with Gasteiger partial charge in [0.05, 0.1) is 15.6 Å². The van der Waals surface area contributed by atoms with Crippen molar-refractivity contribution in [3.8, 4) is 11.8 Å². The fourth-order valence-corrected chi connectivity index (χ4v) is 2.07. The van der Waals surface area contributed by atoms with Crippen LogP contribution < -0.4 is 5.32 Å². The Balaban J connectivity index is 1.86. The molecule has 0 heterocycles. The molecule has 0 aliphatic heterocycles. The van der Waals surface area contributed by atoms with Crippen molar-refractivity contribution in [1.82, 2.24) is 5.32 Å². The summed E-state index contributed by atoms with van der Waals surface area (Å²) < 4.78 is 13.3. The van der Waals surface area contributed by atoms with Gasteiger partial charge in [0, 0.05) is 12.5 Å². The van der Waals surface area contributed by atoms with Gasteiger partial charge in [-0.05, 0) is 36.2 Å². The lowest BCUT2D eigenvalue weighted by Crippen LogP contribution is -2.24. The molecule has 1 amide bonds. The van der Waals surface area contributed by atoms with E-state index in [0.29, 0.717) is 23.0 Å². The number of amides is 1. The van der Waals surface area contributed by atoms with Gasteiger partial charge in [0.2, 0.25) is 0 Å². The topological polar surface area (TPSA) is 29.1 Å². The third-order valence-electron chi connectivity index (χ3n) is 2.87. The Hall–Kier alpha value is -2.02. The van der Waals surface area contributed by atoms with Crippen LogP contribution in [-0.4, -0.2) is 12.5 Å². The molecule has 0 aromatic heterocycles. The molecule has 22 heavy (non-hydrogen) atoms. The first-order valence-corrected chi connectivity index (χ1v) is 7.30. The summed E-state index contributed by atoms with van der Waals surface area (Å²) in [5.74, 6) is 3.96. The van der Waals surface area contributed by atoms with Crippen molar-refractivity contribution >= 4 is 29.1 Å². The number of hydrogen-bond donors (Lipinski definition) is 1. The highest BCUT2D eigenvalue weighted by molar-refractivity contribution is 6.42. The summed E-state index contributed by atoms with van der Waals surface area (Å²) in [6, 6.07) is 11.3. The fraction of sp³-hybridized carbons (Fsp3) is 0.118. The molecular weight excluding hydrogens is 324 g/mol. The minimum atomic E-state index is -0.455. The van der Waals surface area contributed by atoms with Crippen LogP contribution in [0.3, 0.4) is 0 Å². The van der Waals surface area contributed by atoms with E-state index in [2.05, 4.69) is 17.2 Å². The number of carbonyl (C=O) groups is 1. The summed E-state index contributed by atoms with van der Waals surface area (Å²) in [6.45, 7) is 0.406. The van der Waals surface area contributed by atoms with E-state index in [9.17, 15) is 9.18 Å². The second-order valence-corrected chi connectivity index (χ2v) is 5.30. The van der Waals surface area contributed by atoms with Crippen LogP contribution in [0.5, 0.6) is 0 Å². The maximum absolute atomic E-state index is 13.3. The number of benzene rings is 2. The lowest BCUT2D eigenvalue weighted by Gasteiger charge is -2.03. The molecule has 0 spiro atoms. The highest BCUT2D eigenvalue weighted by Crippen LogP contribution is 2.22. The molecule has 5 heteroatoms. The molecule has 0 unspecified atom stereocenters. The number of carbonyl (C=O) groups excluding carboxylic acids is 1. The molecule has 0 radical (unpaired) electrons. The van der Waals surface area contributed by atoms with E-state index in [1.807, 2.05) is 6.07 Å². The lowest BCUT2D eigenvalue weighted by atomic mass is 10.1. The number of nitrogens with one attached hydrogen (secondary N) is 1. The van der Waals surface area contributed by atoms with Gasteiger partial charge in [0.25, 0.3) is 5.91 Å². The Morgan fingerprint density at radius 2 is 1.91 bits per heavy atom. The van der Waals surface area contributed by atoms with Crippen LogP contribution in [0, 0.1) is 17.7 Å². The van der Waals surface area contributed by atoms with E-state index in [0.717, 1.165) is 5.56 Å². The molecule has 0 bridgehead atoms. The molecule has 0 fully saturated rings. The number of rotatable bonds is 3. The summed E-state index contributed by atoms with van der Waals surface area (Å²) in [5, 5.41) is 3.61. The van der Waals surface area contributed by atoms with Gasteiger partial charge in [0.1, 0.15) is 5.82 Å². The van der Waals surface area contributed by atoms with Crippen molar-refractivity contribution in [1.29, 1.82) is 0 Å². The summed E-state index contributed by atoms with van der Waals surface area (Å²) >= 11 is 11.7. The highest BCUT2D eigenvalue weighted by Gasteiger charge is 2.01. The van der Waals surface area contributed by atoms with Gasteiger partial charge >= 0.3 is 0 Å². The fourth-order valence-electron chi connectivity index (χ4n) is 1.75. The van der Waals surface area contributed by atoms with Gasteiger partial charge in [-0.2, -0.15) is 0 Å².